The summed E-state index contributed by atoms with van der Waals surface area (Å²) < 4.78 is 6.66. The van der Waals surface area contributed by atoms with Crippen molar-refractivity contribution in [1.29, 1.82) is 0 Å². The third-order valence-electron chi connectivity index (χ3n) is 3.17. The first-order chi connectivity index (χ1) is 9.81. The van der Waals surface area contributed by atoms with Gasteiger partial charge in [-0.15, -0.1) is 0 Å². The smallest absolute Gasteiger partial charge is 0.0719 e. The maximum Gasteiger partial charge on any atom is 0.0719 e. The van der Waals surface area contributed by atoms with Crippen molar-refractivity contribution in [2.75, 3.05) is 6.61 Å². The van der Waals surface area contributed by atoms with Gasteiger partial charge in [0.2, 0.25) is 0 Å². The van der Waals surface area contributed by atoms with Crippen LogP contribution in [0.5, 0.6) is 0 Å². The lowest BCUT2D eigenvalue weighted by Crippen LogP contribution is -2.14. The van der Waals surface area contributed by atoms with E-state index in [0.29, 0.717) is 6.61 Å². The second-order valence-electron chi connectivity index (χ2n) is 4.60. The zero-order chi connectivity index (χ0) is 14.2. The number of ether oxygens (including phenoxy) is 1. The van der Waals surface area contributed by atoms with Gasteiger partial charge in [-0.2, -0.15) is 0 Å². The number of halogens is 1. The summed E-state index contributed by atoms with van der Waals surface area (Å²) >= 11 is 3.57. The minimum Gasteiger partial charge on any atom is -0.377 e. The Bertz CT molecular complexity index is 542. The van der Waals surface area contributed by atoms with E-state index in [2.05, 4.69) is 63.7 Å². The molecule has 2 aromatic carbocycles. The summed E-state index contributed by atoms with van der Waals surface area (Å²) in [5, 5.41) is 3.49. The molecule has 2 aromatic rings. The summed E-state index contributed by atoms with van der Waals surface area (Å²) in [5.74, 6) is 0. The summed E-state index contributed by atoms with van der Waals surface area (Å²) in [6, 6.07) is 16.7. The van der Waals surface area contributed by atoms with Gasteiger partial charge in [0.15, 0.2) is 0 Å². The van der Waals surface area contributed by atoms with E-state index in [4.69, 9.17) is 4.74 Å². The van der Waals surface area contributed by atoms with Gasteiger partial charge in [-0.1, -0.05) is 58.4 Å². The molecule has 3 heteroatoms. The molecule has 0 saturated heterocycles. The van der Waals surface area contributed by atoms with Gasteiger partial charge in [0, 0.05) is 24.2 Å². The first-order valence-corrected chi connectivity index (χ1v) is 7.69. The lowest BCUT2D eigenvalue weighted by Gasteiger charge is -2.11. The summed E-state index contributed by atoms with van der Waals surface area (Å²) in [5.41, 5.74) is 3.83. The molecule has 106 valence electrons. The summed E-state index contributed by atoms with van der Waals surface area (Å²) in [7, 11) is 0. The Hall–Kier alpha value is -1.16. The van der Waals surface area contributed by atoms with Crippen LogP contribution in [0, 0.1) is 0 Å². The Morgan fingerprint density at radius 1 is 0.900 bits per heavy atom. The Labute approximate surface area is 129 Å². The fraction of sp³-hybridized carbons (Fsp3) is 0.294. The molecular formula is C17H20BrNO. The first-order valence-electron chi connectivity index (χ1n) is 6.90. The molecule has 0 spiro atoms. The van der Waals surface area contributed by atoms with Gasteiger partial charge in [0.05, 0.1) is 6.61 Å². The minimum absolute atomic E-state index is 0.684. The van der Waals surface area contributed by atoms with E-state index in [1.54, 1.807) is 0 Å². The van der Waals surface area contributed by atoms with Crippen molar-refractivity contribution in [3.63, 3.8) is 0 Å². The lowest BCUT2D eigenvalue weighted by atomic mass is 10.1. The number of benzene rings is 2. The van der Waals surface area contributed by atoms with Gasteiger partial charge < -0.3 is 10.1 Å². The van der Waals surface area contributed by atoms with Crippen LogP contribution in [-0.4, -0.2) is 6.61 Å². The van der Waals surface area contributed by atoms with Gasteiger partial charge >= 0.3 is 0 Å². The van der Waals surface area contributed by atoms with Crippen LogP contribution in [0.4, 0.5) is 0 Å². The van der Waals surface area contributed by atoms with Crippen molar-refractivity contribution in [1.82, 2.24) is 5.32 Å². The molecule has 0 aromatic heterocycles. The molecule has 0 heterocycles. The van der Waals surface area contributed by atoms with Crippen LogP contribution >= 0.6 is 15.9 Å². The van der Waals surface area contributed by atoms with E-state index < -0.39 is 0 Å². The van der Waals surface area contributed by atoms with Crippen LogP contribution in [0.2, 0.25) is 0 Å². The van der Waals surface area contributed by atoms with Crippen molar-refractivity contribution in [3.8, 4) is 0 Å². The second kappa shape index (κ2) is 8.20. The van der Waals surface area contributed by atoms with E-state index in [-0.39, 0.29) is 0 Å². The zero-order valence-electron chi connectivity index (χ0n) is 11.7. The summed E-state index contributed by atoms with van der Waals surface area (Å²) in [6.45, 7) is 5.16. The quantitative estimate of drug-likeness (QED) is 0.816. The Morgan fingerprint density at radius 2 is 1.50 bits per heavy atom. The molecule has 20 heavy (non-hydrogen) atoms. The van der Waals surface area contributed by atoms with E-state index in [1.165, 1.54) is 16.7 Å². The average Bonchev–Trinajstić information content (AvgIpc) is 2.48. The molecule has 0 atom stereocenters. The van der Waals surface area contributed by atoms with E-state index in [9.17, 15) is 0 Å². The van der Waals surface area contributed by atoms with Gasteiger partial charge in [-0.05, 0) is 29.7 Å². The van der Waals surface area contributed by atoms with Gasteiger partial charge in [-0.3, -0.25) is 0 Å². The molecule has 0 amide bonds. The molecule has 0 unspecified atom stereocenters. The molecule has 0 radical (unpaired) electrons. The van der Waals surface area contributed by atoms with Crippen LogP contribution in [0.3, 0.4) is 0 Å². The molecule has 0 aliphatic heterocycles. The van der Waals surface area contributed by atoms with Crippen molar-refractivity contribution >= 4 is 15.9 Å². The molecule has 2 rings (SSSR count). The largest absolute Gasteiger partial charge is 0.377 e. The standard InChI is InChI=1S/C17H20BrNO/c1-2-20-13-16-9-4-3-7-14(16)11-19-12-15-8-5-6-10-17(15)18/h3-10,19H,2,11-13H2,1H3. The molecule has 0 bridgehead atoms. The molecule has 0 fully saturated rings. The van der Waals surface area contributed by atoms with Gasteiger partial charge in [-0.25, -0.2) is 0 Å². The van der Waals surface area contributed by atoms with Gasteiger partial charge in [0.1, 0.15) is 0 Å². The third kappa shape index (κ3) is 4.44. The fourth-order valence-corrected chi connectivity index (χ4v) is 2.48. The summed E-state index contributed by atoms with van der Waals surface area (Å²) in [4.78, 5) is 0. The topological polar surface area (TPSA) is 21.3 Å². The normalized spacial score (nSPS) is 10.7. The van der Waals surface area contributed by atoms with Crippen LogP contribution in [-0.2, 0) is 24.4 Å². The number of hydrogen-bond acceptors (Lipinski definition) is 2. The third-order valence-corrected chi connectivity index (χ3v) is 3.94. The lowest BCUT2D eigenvalue weighted by molar-refractivity contribution is 0.133. The SMILES string of the molecule is CCOCc1ccccc1CNCc1ccccc1Br. The van der Waals surface area contributed by atoms with Crippen LogP contribution in [0.15, 0.2) is 53.0 Å². The number of rotatable bonds is 7. The fourth-order valence-electron chi connectivity index (χ4n) is 2.06. The van der Waals surface area contributed by atoms with E-state index in [0.717, 1.165) is 24.2 Å². The molecule has 2 nitrogen and oxygen atoms in total. The van der Waals surface area contributed by atoms with Crippen molar-refractivity contribution in [2.24, 2.45) is 0 Å². The highest BCUT2D eigenvalue weighted by atomic mass is 79.9. The minimum atomic E-state index is 0.684. The molecule has 0 aliphatic rings. The van der Waals surface area contributed by atoms with E-state index in [1.807, 2.05) is 13.0 Å². The highest BCUT2D eigenvalue weighted by molar-refractivity contribution is 9.10. The highest BCUT2D eigenvalue weighted by Gasteiger charge is 2.02. The second-order valence-corrected chi connectivity index (χ2v) is 5.46. The molecule has 1 N–H and O–H groups in total. The van der Waals surface area contributed by atoms with Crippen molar-refractivity contribution in [2.45, 2.75) is 26.6 Å². The van der Waals surface area contributed by atoms with Gasteiger partial charge in [0.25, 0.3) is 0 Å². The highest BCUT2D eigenvalue weighted by Crippen LogP contribution is 2.16. The van der Waals surface area contributed by atoms with Crippen LogP contribution in [0.25, 0.3) is 0 Å². The predicted octanol–water partition coefficient (Wildman–Crippen LogP) is 4.28. The van der Waals surface area contributed by atoms with Crippen LogP contribution in [0.1, 0.15) is 23.6 Å². The number of hydrogen-bond donors (Lipinski definition) is 1. The summed E-state index contributed by atoms with van der Waals surface area (Å²) in [6.07, 6.45) is 0. The maximum atomic E-state index is 5.51. The average molecular weight is 334 g/mol. The number of nitrogens with one attached hydrogen (secondary N) is 1. The Kier molecular flexibility index (Phi) is 6.25. The van der Waals surface area contributed by atoms with Crippen molar-refractivity contribution < 1.29 is 4.74 Å². The molecule has 0 saturated carbocycles. The maximum absolute atomic E-state index is 5.51. The van der Waals surface area contributed by atoms with E-state index >= 15 is 0 Å². The molecular weight excluding hydrogens is 314 g/mol. The zero-order valence-corrected chi connectivity index (χ0v) is 13.3. The van der Waals surface area contributed by atoms with Crippen LogP contribution < -0.4 is 5.32 Å². The Morgan fingerprint density at radius 3 is 2.20 bits per heavy atom. The molecule has 0 aliphatic carbocycles. The van der Waals surface area contributed by atoms with Crippen molar-refractivity contribution in [3.05, 3.63) is 69.7 Å². The predicted molar refractivity (Wildman–Crippen MR) is 86.5 cm³/mol. The first kappa shape index (κ1) is 15.2. The Balaban J connectivity index is 1.92. The monoisotopic (exact) mass is 333 g/mol.